The zero-order valence-corrected chi connectivity index (χ0v) is 10.3. The van der Waals surface area contributed by atoms with Gasteiger partial charge in [-0.15, -0.1) is 0 Å². The molecular formula is C8HCl4N2O2. The molecule has 8 heteroatoms. The van der Waals surface area contributed by atoms with E-state index in [-0.39, 0.29) is 31.5 Å². The molecule has 2 amide bonds. The summed E-state index contributed by atoms with van der Waals surface area (Å²) in [7, 11) is 0. The van der Waals surface area contributed by atoms with Crippen molar-refractivity contribution in [1.82, 2.24) is 5.32 Å². The van der Waals surface area contributed by atoms with Gasteiger partial charge in [0.2, 0.25) is 0 Å². The molecule has 0 fully saturated rings. The number of fused-ring (bicyclic) bond motifs is 1. The molecule has 83 valence electrons. The average Bonchev–Trinajstić information content (AvgIpc) is 2.26. The van der Waals surface area contributed by atoms with Crippen LogP contribution in [0.4, 0.5) is 11.4 Å². The number of halogens is 4. The predicted molar refractivity (Wildman–Crippen MR) is 61.9 cm³/mol. The maximum Gasteiger partial charge on any atom is 0.335 e. The molecule has 0 aliphatic carbocycles. The van der Waals surface area contributed by atoms with Crippen LogP contribution < -0.4 is 10.6 Å². The summed E-state index contributed by atoms with van der Waals surface area (Å²) in [6, 6.07) is 0. The highest BCUT2D eigenvalue weighted by atomic mass is 35.5. The van der Waals surface area contributed by atoms with Gasteiger partial charge in [-0.1, -0.05) is 46.4 Å². The van der Waals surface area contributed by atoms with E-state index in [9.17, 15) is 9.59 Å². The number of carbonyl (C=O) groups is 2. The summed E-state index contributed by atoms with van der Waals surface area (Å²) < 4.78 is 0. The lowest BCUT2D eigenvalue weighted by atomic mass is 10.2. The van der Waals surface area contributed by atoms with Crippen molar-refractivity contribution in [2.45, 2.75) is 0 Å². The van der Waals surface area contributed by atoms with Crippen LogP contribution in [0.25, 0.3) is 0 Å². The summed E-state index contributed by atoms with van der Waals surface area (Å²) in [4.78, 5) is 22.1. The van der Waals surface area contributed by atoms with Crippen LogP contribution in [-0.4, -0.2) is 11.8 Å². The van der Waals surface area contributed by atoms with Gasteiger partial charge in [0.05, 0.1) is 25.8 Å². The number of carbonyl (C=O) groups excluding carboxylic acids is 2. The second-order valence-electron chi connectivity index (χ2n) is 2.85. The molecule has 2 rings (SSSR count). The molecule has 1 aliphatic rings. The molecule has 0 bridgehead atoms. The fraction of sp³-hybridized carbons (Fsp3) is 0. The lowest BCUT2D eigenvalue weighted by molar-refractivity contribution is -0.135. The van der Waals surface area contributed by atoms with Gasteiger partial charge in [0.15, 0.2) is 0 Å². The summed E-state index contributed by atoms with van der Waals surface area (Å²) in [6.07, 6.45) is 0. The fourth-order valence-electron chi connectivity index (χ4n) is 1.16. The zero-order chi connectivity index (χ0) is 12.0. The zero-order valence-electron chi connectivity index (χ0n) is 7.28. The summed E-state index contributed by atoms with van der Waals surface area (Å²) in [5.74, 6) is -1.87. The van der Waals surface area contributed by atoms with E-state index in [0.717, 1.165) is 0 Å². The Bertz CT molecular complexity index is 483. The number of amides is 2. The Kier molecular flexibility index (Phi) is 2.92. The minimum atomic E-state index is -0.969. The van der Waals surface area contributed by atoms with Crippen molar-refractivity contribution >= 4 is 69.6 Å². The van der Waals surface area contributed by atoms with Crippen LogP contribution >= 0.6 is 46.4 Å². The van der Waals surface area contributed by atoms with E-state index in [2.05, 4.69) is 10.6 Å². The number of hydrogen-bond acceptors (Lipinski definition) is 2. The molecule has 0 saturated carbocycles. The number of hydrogen-bond donors (Lipinski definition) is 1. The molecule has 1 aromatic rings. The van der Waals surface area contributed by atoms with E-state index < -0.39 is 11.8 Å². The first-order chi connectivity index (χ1) is 7.43. The normalized spacial score (nSPS) is 14.2. The molecule has 0 saturated heterocycles. The molecule has 1 N–H and O–H groups in total. The Hall–Kier alpha value is -0.680. The second kappa shape index (κ2) is 3.96. The highest BCUT2D eigenvalue weighted by molar-refractivity contribution is 6.56. The van der Waals surface area contributed by atoms with E-state index in [1.54, 1.807) is 0 Å². The van der Waals surface area contributed by atoms with Crippen LogP contribution in [0.1, 0.15) is 0 Å². The standard InChI is InChI=1S/C8HCl4N2O2/c9-1-2(10)4(12)6-5(3(1)11)13-7(15)8(16)14-6/h(H,13,15). The molecule has 16 heavy (non-hydrogen) atoms. The van der Waals surface area contributed by atoms with E-state index >= 15 is 0 Å². The second-order valence-corrected chi connectivity index (χ2v) is 4.36. The molecule has 0 atom stereocenters. The number of benzene rings is 1. The first-order valence-electron chi connectivity index (χ1n) is 3.86. The molecule has 1 radical (unpaired) electrons. The molecule has 0 spiro atoms. The molecule has 0 unspecified atom stereocenters. The Morgan fingerprint density at radius 3 is 2.06 bits per heavy atom. The lowest BCUT2D eigenvalue weighted by Crippen LogP contribution is -2.33. The van der Waals surface area contributed by atoms with Crippen LogP contribution in [0.2, 0.25) is 20.1 Å². The van der Waals surface area contributed by atoms with Gasteiger partial charge in [-0.05, 0) is 0 Å². The first kappa shape index (κ1) is 11.8. The maximum absolute atomic E-state index is 11.1. The van der Waals surface area contributed by atoms with Gasteiger partial charge in [0.25, 0.3) is 0 Å². The number of nitrogens with zero attached hydrogens (tertiary/aromatic N) is 1. The van der Waals surface area contributed by atoms with Gasteiger partial charge in [-0.25, -0.2) is 5.32 Å². The highest BCUT2D eigenvalue weighted by Crippen LogP contribution is 2.48. The summed E-state index contributed by atoms with van der Waals surface area (Å²) in [6.45, 7) is 0. The number of anilines is 1. The quantitative estimate of drug-likeness (QED) is 0.455. The third-order valence-corrected chi connectivity index (χ3v) is 3.68. The van der Waals surface area contributed by atoms with E-state index in [0.29, 0.717) is 0 Å². The topological polar surface area (TPSA) is 60.3 Å². The molecule has 1 aliphatic heterocycles. The average molecular weight is 299 g/mol. The van der Waals surface area contributed by atoms with E-state index in [1.165, 1.54) is 0 Å². The highest BCUT2D eigenvalue weighted by Gasteiger charge is 2.31. The predicted octanol–water partition coefficient (Wildman–Crippen LogP) is 3.01. The van der Waals surface area contributed by atoms with Gasteiger partial charge in [-0.2, -0.15) is 0 Å². The fourth-order valence-corrected chi connectivity index (χ4v) is 2.09. The Labute approximate surface area is 110 Å². The largest absolute Gasteiger partial charge is 0.335 e. The van der Waals surface area contributed by atoms with Gasteiger partial charge >= 0.3 is 11.8 Å². The summed E-state index contributed by atoms with van der Waals surface area (Å²) in [5.41, 5.74) is 0.108. The van der Waals surface area contributed by atoms with Crippen molar-refractivity contribution in [2.24, 2.45) is 0 Å². The van der Waals surface area contributed by atoms with Crippen molar-refractivity contribution in [3.63, 3.8) is 0 Å². The van der Waals surface area contributed by atoms with Crippen molar-refractivity contribution in [3.8, 4) is 0 Å². The van der Waals surface area contributed by atoms with Crippen molar-refractivity contribution in [1.29, 1.82) is 0 Å². The van der Waals surface area contributed by atoms with Crippen molar-refractivity contribution in [3.05, 3.63) is 20.1 Å². The van der Waals surface area contributed by atoms with Gasteiger partial charge in [-0.3, -0.25) is 9.59 Å². The monoisotopic (exact) mass is 297 g/mol. The third kappa shape index (κ3) is 1.62. The summed E-state index contributed by atoms with van der Waals surface area (Å²) in [5, 5.41) is 5.67. The Morgan fingerprint density at radius 1 is 0.875 bits per heavy atom. The molecular weight excluding hydrogens is 298 g/mol. The lowest BCUT2D eigenvalue weighted by Gasteiger charge is -2.19. The molecule has 4 nitrogen and oxygen atoms in total. The van der Waals surface area contributed by atoms with Gasteiger partial charge in [0, 0.05) is 0 Å². The maximum atomic E-state index is 11.1. The molecule has 1 heterocycles. The van der Waals surface area contributed by atoms with Gasteiger partial charge < -0.3 is 5.32 Å². The third-order valence-electron chi connectivity index (χ3n) is 1.89. The van der Waals surface area contributed by atoms with Crippen LogP contribution in [0.3, 0.4) is 0 Å². The smallest absolute Gasteiger partial charge is 0.314 e. The van der Waals surface area contributed by atoms with Crippen molar-refractivity contribution in [2.75, 3.05) is 5.32 Å². The molecule has 1 aromatic carbocycles. The van der Waals surface area contributed by atoms with Gasteiger partial charge in [0.1, 0.15) is 5.69 Å². The molecule has 0 aromatic heterocycles. The Morgan fingerprint density at radius 2 is 1.44 bits per heavy atom. The van der Waals surface area contributed by atoms with Crippen LogP contribution in [0, 0.1) is 0 Å². The minimum absolute atomic E-state index is 0.00284. The minimum Gasteiger partial charge on any atom is -0.314 e. The van der Waals surface area contributed by atoms with Crippen molar-refractivity contribution < 1.29 is 9.59 Å². The van der Waals surface area contributed by atoms with Crippen LogP contribution in [0.5, 0.6) is 0 Å². The number of nitrogens with one attached hydrogen (secondary N) is 1. The Balaban J connectivity index is 2.74. The van der Waals surface area contributed by atoms with E-state index in [4.69, 9.17) is 46.4 Å². The SMILES string of the molecule is O=C1[N]c2c(Cl)c(Cl)c(Cl)c(Cl)c2NC1=O. The van der Waals surface area contributed by atoms with E-state index in [1.807, 2.05) is 0 Å². The van der Waals surface area contributed by atoms with Crippen LogP contribution in [0.15, 0.2) is 0 Å². The van der Waals surface area contributed by atoms with Crippen LogP contribution in [-0.2, 0) is 9.59 Å². The summed E-state index contributed by atoms with van der Waals surface area (Å²) >= 11 is 23.2. The number of rotatable bonds is 0. The first-order valence-corrected chi connectivity index (χ1v) is 5.37.